The maximum absolute atomic E-state index is 12.2. The van der Waals surface area contributed by atoms with Gasteiger partial charge < -0.3 is 5.11 Å². The number of benzene rings is 1. The highest BCUT2D eigenvalue weighted by Crippen LogP contribution is 2.19. The van der Waals surface area contributed by atoms with E-state index in [1.165, 1.54) is 0 Å². The zero-order chi connectivity index (χ0) is 14.5. The topological polar surface area (TPSA) is 71.4 Å². The Morgan fingerprint density at radius 3 is 2.47 bits per heavy atom. The van der Waals surface area contributed by atoms with Crippen LogP contribution in [-0.2, 0) is 14.6 Å². The summed E-state index contributed by atoms with van der Waals surface area (Å²) < 4.78 is 24.4. The predicted molar refractivity (Wildman–Crippen MR) is 74.1 cm³/mol. The average Bonchev–Trinajstić information content (AvgIpc) is 2.31. The van der Waals surface area contributed by atoms with E-state index in [2.05, 4.69) is 0 Å². The second-order valence-corrected chi connectivity index (χ2v) is 6.87. The largest absolute Gasteiger partial charge is 0.481 e. The van der Waals surface area contributed by atoms with Crippen LogP contribution < -0.4 is 0 Å². The zero-order valence-corrected chi connectivity index (χ0v) is 12.2. The minimum atomic E-state index is -3.26. The van der Waals surface area contributed by atoms with Gasteiger partial charge in [-0.25, -0.2) is 8.42 Å². The van der Waals surface area contributed by atoms with Crippen LogP contribution in [-0.4, -0.2) is 25.2 Å². The van der Waals surface area contributed by atoms with E-state index in [-0.39, 0.29) is 12.2 Å². The van der Waals surface area contributed by atoms with Crippen molar-refractivity contribution in [2.24, 2.45) is 0 Å². The van der Waals surface area contributed by atoms with Crippen LogP contribution in [0.4, 0.5) is 0 Å². The smallest absolute Gasteiger partial charge is 0.303 e. The Labute approximate surface area is 114 Å². The van der Waals surface area contributed by atoms with E-state index < -0.39 is 15.8 Å². The molecule has 0 aliphatic heterocycles. The number of aryl methyl sites for hydroxylation is 2. The van der Waals surface area contributed by atoms with Gasteiger partial charge in [-0.1, -0.05) is 18.6 Å². The van der Waals surface area contributed by atoms with E-state index >= 15 is 0 Å². The molecule has 0 aromatic heterocycles. The molecule has 1 aromatic rings. The predicted octanol–water partition coefficient (Wildman–Crippen LogP) is 2.72. The molecule has 0 radical (unpaired) electrons. The van der Waals surface area contributed by atoms with Gasteiger partial charge >= 0.3 is 5.97 Å². The molecule has 1 N–H and O–H groups in total. The number of rotatable bonds is 7. The molecule has 0 unspecified atom stereocenters. The summed E-state index contributed by atoms with van der Waals surface area (Å²) in [6.45, 7) is 3.65. The third-order valence-electron chi connectivity index (χ3n) is 2.98. The third-order valence-corrected chi connectivity index (χ3v) is 4.92. The molecule has 106 valence electrons. The number of carbonyl (C=O) groups is 1. The lowest BCUT2D eigenvalue weighted by Gasteiger charge is -2.08. The first-order valence-corrected chi connectivity index (χ1v) is 8.00. The molecular formula is C14H20O4S. The van der Waals surface area contributed by atoms with E-state index in [0.29, 0.717) is 24.2 Å². The molecule has 19 heavy (non-hydrogen) atoms. The Kier molecular flexibility index (Phi) is 5.54. The summed E-state index contributed by atoms with van der Waals surface area (Å²) in [5.41, 5.74) is 1.69. The summed E-state index contributed by atoms with van der Waals surface area (Å²) in [5, 5.41) is 8.50. The number of carboxylic acids is 1. The molecule has 0 saturated heterocycles. The van der Waals surface area contributed by atoms with Crippen LogP contribution in [0.3, 0.4) is 0 Å². The zero-order valence-electron chi connectivity index (χ0n) is 11.3. The van der Waals surface area contributed by atoms with Crippen LogP contribution >= 0.6 is 0 Å². The highest BCUT2D eigenvalue weighted by atomic mass is 32.2. The van der Waals surface area contributed by atoms with Crippen LogP contribution in [0.2, 0.25) is 0 Å². The van der Waals surface area contributed by atoms with Crippen molar-refractivity contribution in [2.45, 2.75) is 44.4 Å². The fraction of sp³-hybridized carbons (Fsp3) is 0.500. The van der Waals surface area contributed by atoms with E-state index in [9.17, 15) is 13.2 Å². The normalized spacial score (nSPS) is 11.5. The van der Waals surface area contributed by atoms with E-state index in [1.807, 2.05) is 19.1 Å². The molecule has 5 heteroatoms. The quantitative estimate of drug-likeness (QED) is 0.781. The van der Waals surface area contributed by atoms with Gasteiger partial charge in [0.25, 0.3) is 0 Å². The van der Waals surface area contributed by atoms with Gasteiger partial charge in [0.2, 0.25) is 0 Å². The molecule has 0 amide bonds. The van der Waals surface area contributed by atoms with Crippen molar-refractivity contribution >= 4 is 15.8 Å². The fourth-order valence-electron chi connectivity index (χ4n) is 1.90. The van der Waals surface area contributed by atoms with Crippen molar-refractivity contribution in [3.8, 4) is 0 Å². The summed E-state index contributed by atoms with van der Waals surface area (Å²) in [6, 6.07) is 5.40. The Morgan fingerprint density at radius 2 is 1.84 bits per heavy atom. The molecule has 0 aliphatic rings. The van der Waals surface area contributed by atoms with Crippen LogP contribution in [0.1, 0.15) is 36.8 Å². The number of sulfone groups is 1. The van der Waals surface area contributed by atoms with Gasteiger partial charge in [-0.15, -0.1) is 0 Å². The van der Waals surface area contributed by atoms with Crippen molar-refractivity contribution in [1.29, 1.82) is 0 Å². The number of carboxylic acid groups (broad SMARTS) is 1. The Bertz CT molecular complexity index is 547. The minimum Gasteiger partial charge on any atom is -0.481 e. The highest BCUT2D eigenvalue weighted by Gasteiger charge is 2.16. The molecule has 0 bridgehead atoms. The second-order valence-electron chi connectivity index (χ2n) is 4.79. The molecule has 0 saturated carbocycles. The maximum atomic E-state index is 12.2. The molecule has 0 atom stereocenters. The van der Waals surface area contributed by atoms with Gasteiger partial charge in [-0.3, -0.25) is 4.79 Å². The molecule has 0 spiro atoms. The summed E-state index contributed by atoms with van der Waals surface area (Å²) in [6.07, 6.45) is 1.75. The summed E-state index contributed by atoms with van der Waals surface area (Å²) in [7, 11) is -3.26. The molecular weight excluding hydrogens is 264 g/mol. The fourth-order valence-corrected chi connectivity index (χ4v) is 3.63. The van der Waals surface area contributed by atoms with Crippen LogP contribution in [0.5, 0.6) is 0 Å². The van der Waals surface area contributed by atoms with Crippen molar-refractivity contribution in [2.75, 3.05) is 5.75 Å². The second kappa shape index (κ2) is 6.70. The lowest BCUT2D eigenvalue weighted by molar-refractivity contribution is -0.137. The summed E-state index contributed by atoms with van der Waals surface area (Å²) in [5.74, 6) is -0.755. The van der Waals surface area contributed by atoms with Crippen molar-refractivity contribution < 1.29 is 18.3 Å². The van der Waals surface area contributed by atoms with Crippen LogP contribution in [0, 0.1) is 13.8 Å². The van der Waals surface area contributed by atoms with E-state index in [1.54, 1.807) is 13.0 Å². The van der Waals surface area contributed by atoms with Crippen molar-refractivity contribution in [1.82, 2.24) is 0 Å². The van der Waals surface area contributed by atoms with Gasteiger partial charge in [-0.2, -0.15) is 0 Å². The lowest BCUT2D eigenvalue weighted by Crippen LogP contribution is -2.09. The van der Waals surface area contributed by atoms with Gasteiger partial charge in [0.1, 0.15) is 0 Å². The van der Waals surface area contributed by atoms with Gasteiger partial charge in [-0.05, 0) is 43.9 Å². The average molecular weight is 284 g/mol. The van der Waals surface area contributed by atoms with Gasteiger partial charge in [0.05, 0.1) is 10.6 Å². The summed E-state index contributed by atoms with van der Waals surface area (Å²) >= 11 is 0. The number of hydrogen-bond donors (Lipinski definition) is 1. The first-order valence-electron chi connectivity index (χ1n) is 6.35. The molecule has 1 aromatic carbocycles. The Morgan fingerprint density at radius 1 is 1.16 bits per heavy atom. The molecule has 0 heterocycles. The van der Waals surface area contributed by atoms with Crippen molar-refractivity contribution in [3.05, 3.63) is 29.3 Å². The van der Waals surface area contributed by atoms with E-state index in [4.69, 9.17) is 5.11 Å². The standard InChI is InChI=1S/C14H20O4S/c1-11-7-8-12(2)13(10-11)19(17,18)9-5-3-4-6-14(15)16/h7-8,10H,3-6,9H2,1-2H3,(H,15,16). The Balaban J connectivity index is 2.61. The minimum absolute atomic E-state index is 0.0803. The van der Waals surface area contributed by atoms with Crippen LogP contribution in [0.25, 0.3) is 0 Å². The Hall–Kier alpha value is -1.36. The number of unbranched alkanes of at least 4 members (excludes halogenated alkanes) is 2. The van der Waals surface area contributed by atoms with Gasteiger partial charge in [0.15, 0.2) is 9.84 Å². The molecule has 0 aliphatic carbocycles. The molecule has 4 nitrogen and oxygen atoms in total. The lowest BCUT2D eigenvalue weighted by atomic mass is 10.2. The maximum Gasteiger partial charge on any atom is 0.303 e. The first-order chi connectivity index (χ1) is 8.83. The summed E-state index contributed by atoms with van der Waals surface area (Å²) in [4.78, 5) is 10.7. The third kappa shape index (κ3) is 5.03. The number of aliphatic carboxylic acids is 1. The van der Waals surface area contributed by atoms with Crippen molar-refractivity contribution in [3.63, 3.8) is 0 Å². The monoisotopic (exact) mass is 284 g/mol. The highest BCUT2D eigenvalue weighted by molar-refractivity contribution is 7.91. The molecule has 0 fully saturated rings. The SMILES string of the molecule is Cc1ccc(C)c(S(=O)(=O)CCCCCC(=O)O)c1. The number of hydrogen-bond acceptors (Lipinski definition) is 3. The van der Waals surface area contributed by atoms with E-state index in [0.717, 1.165) is 11.1 Å². The van der Waals surface area contributed by atoms with Gasteiger partial charge in [0, 0.05) is 6.42 Å². The first kappa shape index (κ1) is 15.7. The molecule has 1 rings (SSSR count). The van der Waals surface area contributed by atoms with Crippen LogP contribution in [0.15, 0.2) is 23.1 Å².